The molecule has 0 amide bonds. The van der Waals surface area contributed by atoms with Gasteiger partial charge >= 0.3 is 0 Å². The second kappa shape index (κ2) is 7.29. The SMILES string of the molecule is C=CC(/C=C\C)=C(C=NC)\C=C/C. The van der Waals surface area contributed by atoms with Gasteiger partial charge in [-0.25, -0.2) is 0 Å². The Morgan fingerprint density at radius 1 is 1.08 bits per heavy atom. The second-order valence-electron chi connectivity index (χ2n) is 2.50. The molecule has 0 atom stereocenters. The quantitative estimate of drug-likeness (QED) is 0.459. The summed E-state index contributed by atoms with van der Waals surface area (Å²) < 4.78 is 0. The number of rotatable bonds is 4. The minimum atomic E-state index is 1.08. The lowest BCUT2D eigenvalue weighted by atomic mass is 10.1. The average molecular weight is 175 g/mol. The molecule has 0 fully saturated rings. The van der Waals surface area contributed by atoms with Crippen LogP contribution in [-0.2, 0) is 0 Å². The molecule has 1 heteroatoms. The number of nitrogens with zero attached hydrogens (tertiary/aromatic N) is 1. The molecule has 0 aliphatic heterocycles. The Morgan fingerprint density at radius 3 is 2.00 bits per heavy atom. The summed E-state index contributed by atoms with van der Waals surface area (Å²) in [6.07, 6.45) is 11.7. The van der Waals surface area contributed by atoms with Crippen molar-refractivity contribution < 1.29 is 0 Å². The summed E-state index contributed by atoms with van der Waals surface area (Å²) in [4.78, 5) is 3.99. The van der Waals surface area contributed by atoms with Gasteiger partial charge in [-0.15, -0.1) is 0 Å². The molecule has 0 rings (SSSR count). The average Bonchev–Trinajstić information content (AvgIpc) is 2.14. The molecule has 0 aromatic heterocycles. The number of aliphatic imine (C=N–C) groups is 1. The minimum absolute atomic E-state index is 1.08. The Labute approximate surface area is 80.9 Å². The fourth-order valence-electron chi connectivity index (χ4n) is 0.994. The predicted octanol–water partition coefficient (Wildman–Crippen LogP) is 3.32. The van der Waals surface area contributed by atoms with Gasteiger partial charge in [-0.05, 0) is 25.0 Å². The molecule has 13 heavy (non-hydrogen) atoms. The largest absolute Gasteiger partial charge is 0.296 e. The van der Waals surface area contributed by atoms with Crippen LogP contribution in [0.2, 0.25) is 0 Å². The van der Waals surface area contributed by atoms with Gasteiger partial charge in [-0.3, -0.25) is 4.99 Å². The third kappa shape index (κ3) is 4.26. The van der Waals surface area contributed by atoms with Crippen molar-refractivity contribution in [3.63, 3.8) is 0 Å². The molecule has 0 aromatic rings. The molecular weight excluding hydrogens is 158 g/mol. The zero-order valence-corrected chi connectivity index (χ0v) is 8.62. The van der Waals surface area contributed by atoms with Gasteiger partial charge in [0.15, 0.2) is 0 Å². The Hall–Kier alpha value is -1.37. The summed E-state index contributed by atoms with van der Waals surface area (Å²) in [5.74, 6) is 0. The van der Waals surface area contributed by atoms with Crippen molar-refractivity contribution in [2.75, 3.05) is 7.05 Å². The van der Waals surface area contributed by atoms with Gasteiger partial charge in [-0.1, -0.05) is 37.0 Å². The highest BCUT2D eigenvalue weighted by atomic mass is 14.6. The predicted molar refractivity (Wildman–Crippen MR) is 61.3 cm³/mol. The summed E-state index contributed by atoms with van der Waals surface area (Å²) in [6, 6.07) is 0. The van der Waals surface area contributed by atoms with Crippen LogP contribution in [0.4, 0.5) is 0 Å². The maximum atomic E-state index is 3.99. The van der Waals surface area contributed by atoms with E-state index >= 15 is 0 Å². The second-order valence-corrected chi connectivity index (χ2v) is 2.50. The standard InChI is InChI=1S/C12H17N/c1-5-8-11(7-3)12(9-6-2)10-13-4/h5-10H,3H2,1-2,4H3/b8-5-,9-6-,12-11-,13-10?. The van der Waals surface area contributed by atoms with Crippen LogP contribution >= 0.6 is 0 Å². The Morgan fingerprint density at radius 2 is 1.62 bits per heavy atom. The summed E-state index contributed by atoms with van der Waals surface area (Å²) in [5.41, 5.74) is 2.17. The molecular formula is C12H17N. The van der Waals surface area contributed by atoms with Crippen LogP contribution in [0.3, 0.4) is 0 Å². The Bertz CT molecular complexity index is 251. The van der Waals surface area contributed by atoms with Crippen LogP contribution in [0.25, 0.3) is 0 Å². The van der Waals surface area contributed by atoms with Gasteiger partial charge in [0.25, 0.3) is 0 Å². The lowest BCUT2D eigenvalue weighted by Gasteiger charge is -1.98. The summed E-state index contributed by atoms with van der Waals surface area (Å²) in [6.45, 7) is 7.73. The van der Waals surface area contributed by atoms with Gasteiger partial charge in [0.1, 0.15) is 0 Å². The van der Waals surface area contributed by atoms with E-state index in [0.29, 0.717) is 0 Å². The monoisotopic (exact) mass is 175 g/mol. The maximum absolute atomic E-state index is 3.99. The smallest absolute Gasteiger partial charge is 0.0287 e. The Kier molecular flexibility index (Phi) is 6.52. The van der Waals surface area contributed by atoms with E-state index in [1.807, 2.05) is 50.4 Å². The van der Waals surface area contributed by atoms with Gasteiger partial charge in [0, 0.05) is 13.3 Å². The van der Waals surface area contributed by atoms with Crippen LogP contribution in [0.5, 0.6) is 0 Å². The van der Waals surface area contributed by atoms with Crippen LogP contribution in [0.1, 0.15) is 13.8 Å². The zero-order chi connectivity index (χ0) is 10.1. The van der Waals surface area contributed by atoms with Gasteiger partial charge in [0.2, 0.25) is 0 Å². The summed E-state index contributed by atoms with van der Waals surface area (Å²) in [5, 5.41) is 0. The third-order valence-electron chi connectivity index (χ3n) is 1.51. The number of hydrogen-bond donors (Lipinski definition) is 0. The van der Waals surface area contributed by atoms with E-state index in [2.05, 4.69) is 11.6 Å². The van der Waals surface area contributed by atoms with Crippen molar-refractivity contribution in [1.29, 1.82) is 0 Å². The lowest BCUT2D eigenvalue weighted by molar-refractivity contribution is 1.45. The first-order valence-corrected chi connectivity index (χ1v) is 4.34. The van der Waals surface area contributed by atoms with Crippen molar-refractivity contribution in [3.8, 4) is 0 Å². The van der Waals surface area contributed by atoms with Crippen molar-refractivity contribution in [2.24, 2.45) is 4.99 Å². The molecule has 0 aromatic carbocycles. The van der Waals surface area contributed by atoms with E-state index in [9.17, 15) is 0 Å². The molecule has 0 aliphatic carbocycles. The highest BCUT2D eigenvalue weighted by Crippen LogP contribution is 2.07. The highest BCUT2D eigenvalue weighted by molar-refractivity contribution is 5.85. The first kappa shape index (κ1) is 11.6. The van der Waals surface area contributed by atoms with Crippen LogP contribution in [0, 0.1) is 0 Å². The molecule has 0 spiro atoms. The van der Waals surface area contributed by atoms with Crippen LogP contribution < -0.4 is 0 Å². The maximum Gasteiger partial charge on any atom is 0.0287 e. The summed E-state index contributed by atoms with van der Waals surface area (Å²) in [7, 11) is 1.76. The third-order valence-corrected chi connectivity index (χ3v) is 1.51. The van der Waals surface area contributed by atoms with Crippen LogP contribution in [0.15, 0.2) is 53.1 Å². The zero-order valence-electron chi connectivity index (χ0n) is 8.62. The minimum Gasteiger partial charge on any atom is -0.296 e. The van der Waals surface area contributed by atoms with E-state index in [0.717, 1.165) is 11.1 Å². The van der Waals surface area contributed by atoms with E-state index in [-0.39, 0.29) is 0 Å². The molecule has 0 saturated carbocycles. The molecule has 0 radical (unpaired) electrons. The van der Waals surface area contributed by atoms with Gasteiger partial charge in [-0.2, -0.15) is 0 Å². The Balaban J connectivity index is 5.10. The van der Waals surface area contributed by atoms with E-state index < -0.39 is 0 Å². The number of hydrogen-bond acceptors (Lipinski definition) is 1. The molecule has 0 bridgehead atoms. The van der Waals surface area contributed by atoms with E-state index in [1.165, 1.54) is 0 Å². The molecule has 70 valence electrons. The van der Waals surface area contributed by atoms with E-state index in [1.54, 1.807) is 7.05 Å². The molecule has 1 nitrogen and oxygen atoms in total. The number of allylic oxidation sites excluding steroid dienone is 7. The molecule has 0 N–H and O–H groups in total. The highest BCUT2D eigenvalue weighted by Gasteiger charge is 1.92. The molecule has 0 heterocycles. The fraction of sp³-hybridized carbons (Fsp3) is 0.250. The molecule has 0 saturated heterocycles. The topological polar surface area (TPSA) is 12.4 Å². The molecule has 0 aliphatic rings. The van der Waals surface area contributed by atoms with E-state index in [4.69, 9.17) is 0 Å². The normalized spacial score (nSPS) is 14.4. The summed E-state index contributed by atoms with van der Waals surface area (Å²) >= 11 is 0. The first-order chi connectivity index (χ1) is 6.29. The lowest BCUT2D eigenvalue weighted by Crippen LogP contribution is -1.85. The molecule has 0 unspecified atom stereocenters. The van der Waals surface area contributed by atoms with Crippen LogP contribution in [-0.4, -0.2) is 13.3 Å². The first-order valence-electron chi connectivity index (χ1n) is 4.34. The van der Waals surface area contributed by atoms with Crippen molar-refractivity contribution in [3.05, 3.63) is 48.1 Å². The van der Waals surface area contributed by atoms with Gasteiger partial charge in [0.05, 0.1) is 0 Å². The fourth-order valence-corrected chi connectivity index (χ4v) is 0.994. The van der Waals surface area contributed by atoms with Gasteiger partial charge < -0.3 is 0 Å². The van der Waals surface area contributed by atoms with Crippen molar-refractivity contribution in [1.82, 2.24) is 0 Å². The van der Waals surface area contributed by atoms with Crippen molar-refractivity contribution in [2.45, 2.75) is 13.8 Å². The van der Waals surface area contributed by atoms with Crippen molar-refractivity contribution >= 4 is 6.21 Å².